The molecule has 3 rings (SSSR count). The highest BCUT2D eigenvalue weighted by atomic mass is 16.5. The molecule has 1 aromatic carbocycles. The first-order chi connectivity index (χ1) is 8.86. The van der Waals surface area contributed by atoms with Gasteiger partial charge in [-0.2, -0.15) is 0 Å². The summed E-state index contributed by atoms with van der Waals surface area (Å²) in [6, 6.07) is 9.53. The Morgan fingerprint density at radius 1 is 1.11 bits per heavy atom. The summed E-state index contributed by atoms with van der Waals surface area (Å²) < 4.78 is 5.85. The molecule has 18 heavy (non-hydrogen) atoms. The number of nitrogens with one attached hydrogen (secondary N) is 1. The van der Waals surface area contributed by atoms with E-state index in [1.54, 1.807) is 0 Å². The summed E-state index contributed by atoms with van der Waals surface area (Å²) in [5, 5.41) is 3.68. The lowest BCUT2D eigenvalue weighted by molar-refractivity contribution is 0.0809. The maximum atomic E-state index is 5.85. The Morgan fingerprint density at radius 2 is 1.83 bits per heavy atom. The van der Waals surface area contributed by atoms with E-state index >= 15 is 0 Å². The van der Waals surface area contributed by atoms with E-state index in [4.69, 9.17) is 4.74 Å². The van der Waals surface area contributed by atoms with Gasteiger partial charge in [0.1, 0.15) is 0 Å². The maximum absolute atomic E-state index is 5.85. The van der Waals surface area contributed by atoms with Gasteiger partial charge in [-0.05, 0) is 42.7 Å². The molecule has 1 N–H and O–H groups in total. The van der Waals surface area contributed by atoms with Crippen molar-refractivity contribution in [1.29, 1.82) is 0 Å². The van der Waals surface area contributed by atoms with Gasteiger partial charge in [0, 0.05) is 19.2 Å². The van der Waals surface area contributed by atoms with E-state index in [1.807, 2.05) is 0 Å². The molecule has 0 spiro atoms. The van der Waals surface area contributed by atoms with Gasteiger partial charge in [-0.1, -0.05) is 31.2 Å². The molecule has 2 aliphatic rings. The predicted octanol–water partition coefficient (Wildman–Crippen LogP) is 2.91. The van der Waals surface area contributed by atoms with Crippen LogP contribution in [0.4, 0.5) is 0 Å². The van der Waals surface area contributed by atoms with Crippen LogP contribution in [0.3, 0.4) is 0 Å². The molecular weight excluding hydrogens is 222 g/mol. The zero-order valence-corrected chi connectivity index (χ0v) is 11.2. The first kappa shape index (κ1) is 12.2. The summed E-state index contributed by atoms with van der Waals surface area (Å²) in [5.74, 6) is 0.840. The second-order valence-corrected chi connectivity index (χ2v) is 5.62. The number of hydrogen-bond acceptors (Lipinski definition) is 2. The van der Waals surface area contributed by atoms with Gasteiger partial charge in [-0.15, -0.1) is 0 Å². The standard InChI is InChI=1S/C16H23NO/c1-2-12-3-5-13(6-4-12)11-17-15-9-10-18-16(15)14-7-8-14/h3-6,14-17H,2,7-11H2,1H3. The smallest absolute Gasteiger partial charge is 0.0757 e. The second kappa shape index (κ2) is 5.41. The Kier molecular flexibility index (Phi) is 3.67. The van der Waals surface area contributed by atoms with Crippen molar-refractivity contribution in [3.05, 3.63) is 35.4 Å². The van der Waals surface area contributed by atoms with Gasteiger partial charge >= 0.3 is 0 Å². The molecule has 1 aliphatic heterocycles. The molecule has 98 valence electrons. The molecule has 2 unspecified atom stereocenters. The van der Waals surface area contributed by atoms with Crippen LogP contribution in [0.1, 0.15) is 37.3 Å². The van der Waals surface area contributed by atoms with Crippen LogP contribution in [0.15, 0.2) is 24.3 Å². The SMILES string of the molecule is CCc1ccc(CNC2CCOC2C2CC2)cc1. The third kappa shape index (κ3) is 2.76. The summed E-state index contributed by atoms with van der Waals surface area (Å²) in [7, 11) is 0. The van der Waals surface area contributed by atoms with E-state index in [9.17, 15) is 0 Å². The minimum atomic E-state index is 0.486. The van der Waals surface area contributed by atoms with E-state index in [0.29, 0.717) is 12.1 Å². The van der Waals surface area contributed by atoms with E-state index in [-0.39, 0.29) is 0 Å². The summed E-state index contributed by atoms with van der Waals surface area (Å²) in [6.45, 7) is 4.11. The molecule has 0 amide bonds. The van der Waals surface area contributed by atoms with Gasteiger partial charge < -0.3 is 10.1 Å². The zero-order valence-electron chi connectivity index (χ0n) is 11.2. The zero-order chi connectivity index (χ0) is 12.4. The Labute approximate surface area is 110 Å². The van der Waals surface area contributed by atoms with Crippen molar-refractivity contribution in [1.82, 2.24) is 5.32 Å². The molecule has 1 heterocycles. The third-order valence-corrected chi connectivity index (χ3v) is 4.22. The predicted molar refractivity (Wildman–Crippen MR) is 73.5 cm³/mol. The molecule has 2 heteroatoms. The van der Waals surface area contributed by atoms with Crippen LogP contribution in [-0.2, 0) is 17.7 Å². The molecule has 1 saturated heterocycles. The van der Waals surface area contributed by atoms with Crippen LogP contribution in [-0.4, -0.2) is 18.8 Å². The normalized spacial score (nSPS) is 27.6. The van der Waals surface area contributed by atoms with Gasteiger partial charge in [0.15, 0.2) is 0 Å². The third-order valence-electron chi connectivity index (χ3n) is 4.22. The van der Waals surface area contributed by atoms with Crippen LogP contribution in [0.25, 0.3) is 0 Å². The molecule has 2 nitrogen and oxygen atoms in total. The van der Waals surface area contributed by atoms with Crippen molar-refractivity contribution in [3.63, 3.8) is 0 Å². The van der Waals surface area contributed by atoms with Crippen molar-refractivity contribution >= 4 is 0 Å². The van der Waals surface area contributed by atoms with Crippen molar-refractivity contribution in [3.8, 4) is 0 Å². The Hall–Kier alpha value is -0.860. The fraction of sp³-hybridized carbons (Fsp3) is 0.625. The van der Waals surface area contributed by atoms with Gasteiger partial charge in [0.25, 0.3) is 0 Å². The molecule has 2 atom stereocenters. The average molecular weight is 245 g/mol. The van der Waals surface area contributed by atoms with Crippen molar-refractivity contribution in [2.24, 2.45) is 5.92 Å². The van der Waals surface area contributed by atoms with E-state index in [2.05, 4.69) is 36.5 Å². The lowest BCUT2D eigenvalue weighted by Gasteiger charge is -2.19. The summed E-state index contributed by atoms with van der Waals surface area (Å²) in [6.07, 6.45) is 5.52. The van der Waals surface area contributed by atoms with Crippen molar-refractivity contribution < 1.29 is 4.74 Å². The number of benzene rings is 1. The largest absolute Gasteiger partial charge is 0.376 e. The minimum absolute atomic E-state index is 0.486. The molecule has 0 aromatic heterocycles. The van der Waals surface area contributed by atoms with E-state index in [0.717, 1.165) is 25.5 Å². The van der Waals surface area contributed by atoms with Crippen LogP contribution in [0, 0.1) is 5.92 Å². The lowest BCUT2D eigenvalue weighted by atomic mass is 10.1. The Balaban J connectivity index is 1.53. The summed E-state index contributed by atoms with van der Waals surface area (Å²) in [5.41, 5.74) is 2.80. The molecule has 1 aliphatic carbocycles. The Morgan fingerprint density at radius 3 is 2.50 bits per heavy atom. The molecule has 1 saturated carbocycles. The molecular formula is C16H23NO. The van der Waals surface area contributed by atoms with Crippen molar-refractivity contribution in [2.75, 3.05) is 6.61 Å². The van der Waals surface area contributed by atoms with E-state index in [1.165, 1.54) is 30.4 Å². The number of hydrogen-bond donors (Lipinski definition) is 1. The first-order valence-electron chi connectivity index (χ1n) is 7.29. The monoisotopic (exact) mass is 245 g/mol. The second-order valence-electron chi connectivity index (χ2n) is 5.62. The lowest BCUT2D eigenvalue weighted by Crippen LogP contribution is -2.37. The highest BCUT2D eigenvalue weighted by molar-refractivity contribution is 5.22. The first-order valence-corrected chi connectivity index (χ1v) is 7.29. The summed E-state index contributed by atoms with van der Waals surface area (Å²) >= 11 is 0. The van der Waals surface area contributed by atoms with Crippen LogP contribution >= 0.6 is 0 Å². The molecule has 2 fully saturated rings. The minimum Gasteiger partial charge on any atom is -0.376 e. The highest BCUT2D eigenvalue weighted by Crippen LogP contribution is 2.38. The highest BCUT2D eigenvalue weighted by Gasteiger charge is 2.40. The van der Waals surface area contributed by atoms with Crippen LogP contribution in [0.2, 0.25) is 0 Å². The fourth-order valence-corrected chi connectivity index (χ4v) is 2.86. The maximum Gasteiger partial charge on any atom is 0.0757 e. The van der Waals surface area contributed by atoms with Gasteiger partial charge in [0.05, 0.1) is 6.10 Å². The quantitative estimate of drug-likeness (QED) is 0.861. The number of rotatable bonds is 5. The van der Waals surface area contributed by atoms with Crippen molar-refractivity contribution in [2.45, 2.75) is 51.3 Å². The average Bonchev–Trinajstić information content (AvgIpc) is 3.16. The van der Waals surface area contributed by atoms with E-state index < -0.39 is 0 Å². The van der Waals surface area contributed by atoms with Crippen LogP contribution in [0.5, 0.6) is 0 Å². The fourth-order valence-electron chi connectivity index (χ4n) is 2.86. The summed E-state index contributed by atoms with van der Waals surface area (Å²) in [4.78, 5) is 0. The molecule has 0 radical (unpaired) electrons. The molecule has 1 aromatic rings. The van der Waals surface area contributed by atoms with Crippen LogP contribution < -0.4 is 5.32 Å². The van der Waals surface area contributed by atoms with Gasteiger partial charge in [-0.25, -0.2) is 0 Å². The van der Waals surface area contributed by atoms with Gasteiger partial charge in [0.2, 0.25) is 0 Å². The molecule has 0 bridgehead atoms. The number of ether oxygens (including phenoxy) is 1. The Bertz CT molecular complexity index is 383. The van der Waals surface area contributed by atoms with Gasteiger partial charge in [-0.3, -0.25) is 0 Å². The number of aryl methyl sites for hydroxylation is 1. The topological polar surface area (TPSA) is 21.3 Å².